The SMILES string of the molecule is C=C(C)C(O)=C1CC1. The zero-order valence-electron chi connectivity index (χ0n) is 5.07. The summed E-state index contributed by atoms with van der Waals surface area (Å²) in [6.07, 6.45) is 2.14. The maximum atomic E-state index is 9.05. The van der Waals surface area contributed by atoms with Crippen LogP contribution in [0, 0.1) is 0 Å². The zero-order chi connectivity index (χ0) is 6.15. The molecule has 1 saturated carbocycles. The Kier molecular flexibility index (Phi) is 1.12. The van der Waals surface area contributed by atoms with Crippen LogP contribution in [0.2, 0.25) is 0 Å². The van der Waals surface area contributed by atoms with E-state index in [1.165, 1.54) is 0 Å². The van der Waals surface area contributed by atoms with Gasteiger partial charge in [0.05, 0.1) is 0 Å². The minimum Gasteiger partial charge on any atom is -0.508 e. The highest BCUT2D eigenvalue weighted by molar-refractivity contribution is 5.32. The highest BCUT2D eigenvalue weighted by atomic mass is 16.3. The van der Waals surface area contributed by atoms with Gasteiger partial charge in [0.15, 0.2) is 0 Å². The lowest BCUT2D eigenvalue weighted by Gasteiger charge is -1.92. The van der Waals surface area contributed by atoms with E-state index in [2.05, 4.69) is 6.58 Å². The predicted octanol–water partition coefficient (Wildman–Crippen LogP) is 2.17. The van der Waals surface area contributed by atoms with Crippen LogP contribution in [0.1, 0.15) is 19.8 Å². The van der Waals surface area contributed by atoms with Gasteiger partial charge in [-0.2, -0.15) is 0 Å². The molecule has 0 saturated heterocycles. The van der Waals surface area contributed by atoms with Gasteiger partial charge in [0, 0.05) is 0 Å². The van der Waals surface area contributed by atoms with Crippen LogP contribution in [0.5, 0.6) is 0 Å². The van der Waals surface area contributed by atoms with Crippen molar-refractivity contribution in [3.05, 3.63) is 23.5 Å². The number of rotatable bonds is 1. The van der Waals surface area contributed by atoms with E-state index in [1.54, 1.807) is 0 Å². The molecule has 1 aliphatic rings. The fourth-order valence-corrected chi connectivity index (χ4v) is 0.601. The molecule has 1 nitrogen and oxygen atoms in total. The highest BCUT2D eigenvalue weighted by Gasteiger charge is 2.16. The van der Waals surface area contributed by atoms with Gasteiger partial charge in [-0.05, 0) is 30.9 Å². The van der Waals surface area contributed by atoms with Gasteiger partial charge in [0.2, 0.25) is 0 Å². The summed E-state index contributed by atoms with van der Waals surface area (Å²) in [6.45, 7) is 5.43. The monoisotopic (exact) mass is 110 g/mol. The molecule has 44 valence electrons. The van der Waals surface area contributed by atoms with Crippen LogP contribution < -0.4 is 0 Å². The lowest BCUT2D eigenvalue weighted by molar-refractivity contribution is 0.421. The lowest BCUT2D eigenvalue weighted by atomic mass is 10.3. The molecule has 1 heteroatoms. The summed E-state index contributed by atoms with van der Waals surface area (Å²) in [5, 5.41) is 9.05. The van der Waals surface area contributed by atoms with E-state index in [-0.39, 0.29) is 0 Å². The summed E-state index contributed by atoms with van der Waals surface area (Å²) in [7, 11) is 0. The Balaban J connectivity index is 2.70. The minimum atomic E-state index is 0.435. The molecule has 1 rings (SSSR count). The average Bonchev–Trinajstić information content (AvgIpc) is 2.43. The third-order valence-electron chi connectivity index (χ3n) is 1.24. The Hall–Kier alpha value is -0.720. The van der Waals surface area contributed by atoms with Gasteiger partial charge >= 0.3 is 0 Å². The maximum Gasteiger partial charge on any atom is 0.117 e. The van der Waals surface area contributed by atoms with Crippen molar-refractivity contribution in [2.75, 3.05) is 0 Å². The smallest absolute Gasteiger partial charge is 0.117 e. The molecule has 0 aromatic carbocycles. The fraction of sp³-hybridized carbons (Fsp3) is 0.429. The maximum absolute atomic E-state index is 9.05. The van der Waals surface area contributed by atoms with E-state index < -0.39 is 0 Å². The number of hydrogen-bond donors (Lipinski definition) is 1. The Morgan fingerprint density at radius 3 is 2.25 bits per heavy atom. The molecule has 0 unspecified atom stereocenters. The molecule has 0 atom stereocenters. The van der Waals surface area contributed by atoms with Gasteiger partial charge in [-0.25, -0.2) is 0 Å². The van der Waals surface area contributed by atoms with E-state index in [4.69, 9.17) is 5.11 Å². The van der Waals surface area contributed by atoms with Crippen LogP contribution in [0.25, 0.3) is 0 Å². The molecule has 1 aliphatic carbocycles. The number of aliphatic hydroxyl groups is 1. The van der Waals surface area contributed by atoms with Crippen LogP contribution in [0.4, 0.5) is 0 Å². The highest BCUT2D eigenvalue weighted by Crippen LogP contribution is 2.32. The second-order valence-electron chi connectivity index (χ2n) is 2.23. The summed E-state index contributed by atoms with van der Waals surface area (Å²) in [5.41, 5.74) is 1.95. The van der Waals surface area contributed by atoms with Crippen molar-refractivity contribution in [3.8, 4) is 0 Å². The number of allylic oxidation sites excluding steroid dienone is 2. The molecule has 0 heterocycles. The van der Waals surface area contributed by atoms with Gasteiger partial charge in [-0.15, -0.1) is 0 Å². The Morgan fingerprint density at radius 1 is 1.62 bits per heavy atom. The van der Waals surface area contributed by atoms with Crippen molar-refractivity contribution in [2.45, 2.75) is 19.8 Å². The van der Waals surface area contributed by atoms with Crippen LogP contribution in [0.15, 0.2) is 23.5 Å². The molecule has 1 fully saturated rings. The van der Waals surface area contributed by atoms with E-state index in [9.17, 15) is 0 Å². The van der Waals surface area contributed by atoms with Gasteiger partial charge in [0.25, 0.3) is 0 Å². The first kappa shape index (κ1) is 5.42. The van der Waals surface area contributed by atoms with Gasteiger partial charge in [0.1, 0.15) is 5.76 Å². The second kappa shape index (κ2) is 1.66. The normalized spacial score (nSPS) is 15.9. The first-order chi connectivity index (χ1) is 3.72. The topological polar surface area (TPSA) is 20.2 Å². The Labute approximate surface area is 49.3 Å². The summed E-state index contributed by atoms with van der Waals surface area (Å²) in [6, 6.07) is 0. The third-order valence-corrected chi connectivity index (χ3v) is 1.24. The summed E-state index contributed by atoms with van der Waals surface area (Å²) in [4.78, 5) is 0. The summed E-state index contributed by atoms with van der Waals surface area (Å²) in [5.74, 6) is 0.435. The molecule has 0 aliphatic heterocycles. The molecule has 0 bridgehead atoms. The molecular weight excluding hydrogens is 100 g/mol. The molecule has 1 N–H and O–H groups in total. The largest absolute Gasteiger partial charge is 0.508 e. The Bertz CT molecular complexity index is 148. The lowest BCUT2D eigenvalue weighted by Crippen LogP contribution is -1.78. The second-order valence-corrected chi connectivity index (χ2v) is 2.23. The summed E-state index contributed by atoms with van der Waals surface area (Å²) < 4.78 is 0. The van der Waals surface area contributed by atoms with Crippen molar-refractivity contribution in [1.82, 2.24) is 0 Å². The van der Waals surface area contributed by atoms with E-state index >= 15 is 0 Å². The van der Waals surface area contributed by atoms with E-state index in [1.807, 2.05) is 6.92 Å². The predicted molar refractivity (Wildman–Crippen MR) is 33.7 cm³/mol. The average molecular weight is 110 g/mol. The fourth-order valence-electron chi connectivity index (χ4n) is 0.601. The minimum absolute atomic E-state index is 0.435. The molecule has 0 radical (unpaired) electrons. The van der Waals surface area contributed by atoms with Crippen molar-refractivity contribution >= 4 is 0 Å². The molecule has 0 amide bonds. The number of aliphatic hydroxyl groups excluding tert-OH is 1. The molecule has 8 heavy (non-hydrogen) atoms. The summed E-state index contributed by atoms with van der Waals surface area (Å²) >= 11 is 0. The molecule has 0 spiro atoms. The quantitative estimate of drug-likeness (QED) is 0.513. The molecule has 0 aromatic rings. The standard InChI is InChI=1S/C7H10O/c1-5(2)7(8)6-3-4-6/h8H,1,3-4H2,2H3. The number of hydrogen-bond acceptors (Lipinski definition) is 1. The first-order valence-electron chi connectivity index (χ1n) is 2.78. The van der Waals surface area contributed by atoms with Crippen molar-refractivity contribution in [2.24, 2.45) is 0 Å². The first-order valence-corrected chi connectivity index (χ1v) is 2.78. The van der Waals surface area contributed by atoms with Crippen LogP contribution in [0.3, 0.4) is 0 Å². The Morgan fingerprint density at radius 2 is 2.12 bits per heavy atom. The van der Waals surface area contributed by atoms with Gasteiger partial charge < -0.3 is 5.11 Å². The van der Waals surface area contributed by atoms with E-state index in [0.29, 0.717) is 5.76 Å². The van der Waals surface area contributed by atoms with Crippen molar-refractivity contribution < 1.29 is 5.11 Å². The van der Waals surface area contributed by atoms with Crippen LogP contribution in [-0.4, -0.2) is 5.11 Å². The van der Waals surface area contributed by atoms with Crippen LogP contribution in [-0.2, 0) is 0 Å². The van der Waals surface area contributed by atoms with Crippen LogP contribution >= 0.6 is 0 Å². The van der Waals surface area contributed by atoms with Gasteiger partial charge in [-0.1, -0.05) is 6.58 Å². The van der Waals surface area contributed by atoms with Crippen molar-refractivity contribution in [1.29, 1.82) is 0 Å². The van der Waals surface area contributed by atoms with Crippen molar-refractivity contribution in [3.63, 3.8) is 0 Å². The molecular formula is C7H10O. The zero-order valence-corrected chi connectivity index (χ0v) is 5.07. The van der Waals surface area contributed by atoms with E-state index in [0.717, 1.165) is 24.0 Å². The molecule has 0 aromatic heterocycles. The van der Waals surface area contributed by atoms with Gasteiger partial charge in [-0.3, -0.25) is 0 Å². The third kappa shape index (κ3) is 0.915.